The Morgan fingerprint density at radius 3 is 2.32 bits per heavy atom. The van der Waals surface area contributed by atoms with Gasteiger partial charge in [0.15, 0.2) is 0 Å². The summed E-state index contributed by atoms with van der Waals surface area (Å²) in [7, 11) is -3.92. The first-order chi connectivity index (χ1) is 13.4. The number of carbonyl (C=O) groups excluding carboxylic acids is 1. The lowest BCUT2D eigenvalue weighted by atomic mass is 10.3. The second kappa shape index (κ2) is 10.6. The van der Waals surface area contributed by atoms with Crippen LogP contribution in [0.15, 0.2) is 58.3 Å². The number of ether oxygens (including phenoxy) is 1. The van der Waals surface area contributed by atoms with E-state index in [0.717, 1.165) is 9.20 Å². The molecule has 6 nitrogen and oxygen atoms in total. The van der Waals surface area contributed by atoms with E-state index in [0.29, 0.717) is 30.3 Å². The van der Waals surface area contributed by atoms with E-state index in [2.05, 4.69) is 17.9 Å². The first kappa shape index (κ1) is 22.4. The van der Waals surface area contributed by atoms with Gasteiger partial charge in [-0.3, -0.25) is 9.10 Å². The Kier molecular flexibility index (Phi) is 8.53. The van der Waals surface area contributed by atoms with Gasteiger partial charge >= 0.3 is 0 Å². The Morgan fingerprint density at radius 2 is 1.79 bits per heavy atom. The third-order valence-corrected chi connectivity index (χ3v) is 6.56. The molecule has 0 aliphatic rings. The quantitative estimate of drug-likeness (QED) is 0.439. The van der Waals surface area contributed by atoms with Gasteiger partial charge in [0.25, 0.3) is 10.0 Å². The van der Waals surface area contributed by atoms with Crippen LogP contribution in [-0.4, -0.2) is 46.0 Å². The molecule has 0 bridgehead atoms. The van der Waals surface area contributed by atoms with Crippen molar-refractivity contribution in [3.63, 3.8) is 0 Å². The van der Waals surface area contributed by atoms with Gasteiger partial charge in [0, 0.05) is 17.2 Å². The molecule has 0 aliphatic heterocycles. The fourth-order valence-electron chi connectivity index (χ4n) is 2.45. The summed E-state index contributed by atoms with van der Waals surface area (Å²) >= 11 is 5.58. The average molecular weight is 441 g/mol. The summed E-state index contributed by atoms with van der Waals surface area (Å²) in [4.78, 5) is 13.3. The van der Waals surface area contributed by atoms with Crippen molar-refractivity contribution in [2.45, 2.75) is 16.7 Å². The van der Waals surface area contributed by atoms with Gasteiger partial charge in [-0.05, 0) is 61.7 Å². The van der Waals surface area contributed by atoms with E-state index < -0.39 is 15.9 Å². The van der Waals surface area contributed by atoms with Crippen molar-refractivity contribution < 1.29 is 17.9 Å². The van der Waals surface area contributed by atoms with Crippen molar-refractivity contribution in [1.29, 1.82) is 0 Å². The highest BCUT2D eigenvalue weighted by Crippen LogP contribution is 2.27. The summed E-state index contributed by atoms with van der Waals surface area (Å²) in [5.74, 6) is 0.706. The summed E-state index contributed by atoms with van der Waals surface area (Å²) in [6, 6.07) is 13.2. The predicted octanol–water partition coefficient (Wildman–Crippen LogP) is 3.05. The minimum atomic E-state index is -3.92. The standard InChI is InChI=1S/C19H24N2O4S3/c1-3-25-16-6-4-15(5-7-16)21(14-19(22)20-12-13-26)28(23,24)18-10-8-17(27-2)9-11-18/h4-11,26H,3,12-14H2,1-2H3,(H,20,22). The highest BCUT2D eigenvalue weighted by atomic mass is 32.2. The summed E-state index contributed by atoms with van der Waals surface area (Å²) in [5, 5.41) is 2.66. The molecule has 28 heavy (non-hydrogen) atoms. The zero-order valence-electron chi connectivity index (χ0n) is 15.8. The minimum Gasteiger partial charge on any atom is -0.494 e. The van der Waals surface area contributed by atoms with Crippen LogP contribution in [-0.2, 0) is 14.8 Å². The summed E-state index contributed by atoms with van der Waals surface area (Å²) < 4.78 is 33.0. The van der Waals surface area contributed by atoms with E-state index in [1.807, 2.05) is 13.2 Å². The topological polar surface area (TPSA) is 75.7 Å². The first-order valence-electron chi connectivity index (χ1n) is 8.69. The van der Waals surface area contributed by atoms with Crippen LogP contribution in [0.1, 0.15) is 6.92 Å². The molecule has 0 aliphatic carbocycles. The van der Waals surface area contributed by atoms with Gasteiger partial charge in [0.1, 0.15) is 12.3 Å². The first-order valence-corrected chi connectivity index (χ1v) is 12.0. The monoisotopic (exact) mass is 440 g/mol. The average Bonchev–Trinajstić information content (AvgIpc) is 2.71. The molecule has 9 heteroatoms. The van der Waals surface area contributed by atoms with Crippen LogP contribution in [0.2, 0.25) is 0 Å². The van der Waals surface area contributed by atoms with E-state index in [9.17, 15) is 13.2 Å². The van der Waals surface area contributed by atoms with Gasteiger partial charge in [-0.2, -0.15) is 12.6 Å². The van der Waals surface area contributed by atoms with E-state index >= 15 is 0 Å². The Bertz CT molecular complexity index is 869. The van der Waals surface area contributed by atoms with E-state index in [-0.39, 0.29) is 11.4 Å². The molecule has 0 saturated heterocycles. The normalized spacial score (nSPS) is 11.1. The van der Waals surface area contributed by atoms with Crippen LogP contribution >= 0.6 is 24.4 Å². The SMILES string of the molecule is CCOc1ccc(N(CC(=O)NCCS)S(=O)(=O)c2ccc(SC)cc2)cc1. The van der Waals surface area contributed by atoms with Crippen LogP contribution in [0.4, 0.5) is 5.69 Å². The lowest BCUT2D eigenvalue weighted by Crippen LogP contribution is -2.41. The molecule has 0 saturated carbocycles. The Labute approximate surface area is 176 Å². The van der Waals surface area contributed by atoms with Crippen molar-refractivity contribution in [3.05, 3.63) is 48.5 Å². The molecule has 2 aromatic rings. The summed E-state index contributed by atoms with van der Waals surface area (Å²) in [6.45, 7) is 2.42. The van der Waals surface area contributed by atoms with Gasteiger partial charge in [-0.1, -0.05) is 0 Å². The number of benzene rings is 2. The zero-order chi connectivity index (χ0) is 20.6. The fraction of sp³-hybridized carbons (Fsp3) is 0.316. The number of hydrogen-bond donors (Lipinski definition) is 2. The number of amides is 1. The highest BCUT2D eigenvalue weighted by Gasteiger charge is 2.27. The number of carbonyl (C=O) groups is 1. The van der Waals surface area contributed by atoms with Gasteiger partial charge in [-0.25, -0.2) is 8.42 Å². The summed E-state index contributed by atoms with van der Waals surface area (Å²) in [6.07, 6.45) is 1.92. The maximum Gasteiger partial charge on any atom is 0.264 e. The Balaban J connectivity index is 2.39. The van der Waals surface area contributed by atoms with Crippen molar-refractivity contribution in [1.82, 2.24) is 5.32 Å². The molecular weight excluding hydrogens is 416 g/mol. The van der Waals surface area contributed by atoms with Crippen LogP contribution in [0, 0.1) is 0 Å². The number of rotatable bonds is 10. The van der Waals surface area contributed by atoms with Crippen molar-refractivity contribution in [2.75, 3.05) is 36.0 Å². The molecule has 0 spiro atoms. The van der Waals surface area contributed by atoms with Gasteiger partial charge in [-0.15, -0.1) is 11.8 Å². The zero-order valence-corrected chi connectivity index (χ0v) is 18.3. The Morgan fingerprint density at radius 1 is 1.14 bits per heavy atom. The molecular formula is C19H24N2O4S3. The minimum absolute atomic E-state index is 0.126. The molecule has 0 fully saturated rings. The number of thiol groups is 1. The second-order valence-corrected chi connectivity index (χ2v) is 8.88. The van der Waals surface area contributed by atoms with Crippen molar-refractivity contribution in [2.24, 2.45) is 0 Å². The van der Waals surface area contributed by atoms with Gasteiger partial charge in [0.2, 0.25) is 5.91 Å². The van der Waals surface area contributed by atoms with E-state index in [1.165, 1.54) is 11.8 Å². The molecule has 0 heterocycles. The number of thioether (sulfide) groups is 1. The molecule has 0 aromatic heterocycles. The molecule has 0 atom stereocenters. The molecule has 0 unspecified atom stereocenters. The number of sulfonamides is 1. The number of nitrogens with one attached hydrogen (secondary N) is 1. The van der Waals surface area contributed by atoms with Gasteiger partial charge in [0.05, 0.1) is 17.2 Å². The van der Waals surface area contributed by atoms with Crippen molar-refractivity contribution >= 4 is 46.0 Å². The summed E-state index contributed by atoms with van der Waals surface area (Å²) in [5.41, 5.74) is 0.387. The largest absolute Gasteiger partial charge is 0.494 e. The van der Waals surface area contributed by atoms with Crippen molar-refractivity contribution in [3.8, 4) is 5.75 Å². The van der Waals surface area contributed by atoms with Crippen LogP contribution < -0.4 is 14.4 Å². The van der Waals surface area contributed by atoms with E-state index in [4.69, 9.17) is 4.74 Å². The molecule has 152 valence electrons. The maximum absolute atomic E-state index is 13.2. The number of nitrogens with zero attached hydrogens (tertiary/aromatic N) is 1. The highest BCUT2D eigenvalue weighted by molar-refractivity contribution is 7.98. The Hall–Kier alpha value is -1.84. The number of anilines is 1. The predicted molar refractivity (Wildman–Crippen MR) is 117 cm³/mol. The smallest absolute Gasteiger partial charge is 0.264 e. The second-order valence-electron chi connectivity index (χ2n) is 5.69. The molecule has 2 aromatic carbocycles. The van der Waals surface area contributed by atoms with Crippen LogP contribution in [0.3, 0.4) is 0 Å². The molecule has 0 radical (unpaired) electrons. The molecule has 2 rings (SSSR count). The third kappa shape index (κ3) is 5.83. The molecule has 1 amide bonds. The lowest BCUT2D eigenvalue weighted by molar-refractivity contribution is -0.119. The third-order valence-electron chi connectivity index (χ3n) is 3.80. The van der Waals surface area contributed by atoms with Crippen LogP contribution in [0.5, 0.6) is 5.75 Å². The lowest BCUT2D eigenvalue weighted by Gasteiger charge is -2.24. The van der Waals surface area contributed by atoms with Gasteiger partial charge < -0.3 is 10.1 Å². The van der Waals surface area contributed by atoms with E-state index in [1.54, 1.807) is 48.5 Å². The molecule has 1 N–H and O–H groups in total. The number of hydrogen-bond acceptors (Lipinski definition) is 6. The fourth-order valence-corrected chi connectivity index (χ4v) is 4.39. The maximum atomic E-state index is 13.2. The van der Waals surface area contributed by atoms with Crippen LogP contribution in [0.25, 0.3) is 0 Å².